The van der Waals surface area contributed by atoms with E-state index in [2.05, 4.69) is 42.5 Å². The molecular formula is C17H26BrClN4O. The molecule has 5 nitrogen and oxygen atoms in total. The van der Waals surface area contributed by atoms with E-state index in [0.29, 0.717) is 5.92 Å². The van der Waals surface area contributed by atoms with Crippen LogP contribution in [0.4, 0.5) is 0 Å². The molecule has 24 heavy (non-hydrogen) atoms. The molecule has 7 heteroatoms. The summed E-state index contributed by atoms with van der Waals surface area (Å²) >= 11 is 3.48. The second-order valence-electron chi connectivity index (χ2n) is 6.65. The molecule has 0 radical (unpaired) electrons. The maximum absolute atomic E-state index is 12.1. The fourth-order valence-corrected chi connectivity index (χ4v) is 3.95. The van der Waals surface area contributed by atoms with E-state index in [4.69, 9.17) is 0 Å². The van der Waals surface area contributed by atoms with Gasteiger partial charge in [-0.15, -0.1) is 12.4 Å². The highest BCUT2D eigenvalue weighted by Crippen LogP contribution is 2.19. The molecule has 0 saturated carbocycles. The molecule has 2 fully saturated rings. The summed E-state index contributed by atoms with van der Waals surface area (Å²) in [7, 11) is 0. The molecule has 1 amide bonds. The van der Waals surface area contributed by atoms with Gasteiger partial charge in [0.05, 0.1) is 6.04 Å². The summed E-state index contributed by atoms with van der Waals surface area (Å²) < 4.78 is 1.03. The molecule has 0 aliphatic carbocycles. The van der Waals surface area contributed by atoms with Crippen molar-refractivity contribution >= 4 is 34.2 Å². The Bertz CT molecular complexity index is 539. The summed E-state index contributed by atoms with van der Waals surface area (Å²) in [5, 5.41) is 6.40. The minimum absolute atomic E-state index is 0. The molecule has 2 atom stereocenters. The van der Waals surface area contributed by atoms with E-state index in [0.717, 1.165) is 50.0 Å². The Balaban J connectivity index is 0.00000208. The molecule has 1 aromatic rings. The van der Waals surface area contributed by atoms with Crippen molar-refractivity contribution in [2.75, 3.05) is 26.2 Å². The molecule has 3 rings (SSSR count). The topological polar surface area (TPSA) is 57.3 Å². The average molecular weight is 418 g/mol. The highest BCUT2D eigenvalue weighted by Gasteiger charge is 2.24. The standard InChI is InChI=1S/C17H25BrN4O.ClH/c18-15-7-14(8-19-10-15)12-22-6-2-3-13(11-22)9-21-17(23)16-4-1-5-20-16;/h7-8,10,13,16,20H,1-6,9,11-12H2,(H,21,23);1H. The first-order chi connectivity index (χ1) is 11.2. The van der Waals surface area contributed by atoms with Gasteiger partial charge in [-0.05, 0) is 72.3 Å². The minimum atomic E-state index is 0. The normalized spacial score (nSPS) is 24.4. The second kappa shape index (κ2) is 9.70. The zero-order valence-electron chi connectivity index (χ0n) is 13.8. The van der Waals surface area contributed by atoms with Crippen LogP contribution in [0.2, 0.25) is 0 Å². The summed E-state index contributed by atoms with van der Waals surface area (Å²) in [4.78, 5) is 18.8. The highest BCUT2D eigenvalue weighted by atomic mass is 79.9. The number of halogens is 2. The van der Waals surface area contributed by atoms with Crippen LogP contribution in [0.25, 0.3) is 0 Å². The fraction of sp³-hybridized carbons (Fsp3) is 0.647. The highest BCUT2D eigenvalue weighted by molar-refractivity contribution is 9.10. The number of carbonyl (C=O) groups is 1. The summed E-state index contributed by atoms with van der Waals surface area (Å²) in [6, 6.07) is 2.16. The third-order valence-electron chi connectivity index (χ3n) is 4.71. The monoisotopic (exact) mass is 416 g/mol. The Morgan fingerprint density at radius 3 is 3.00 bits per heavy atom. The second-order valence-corrected chi connectivity index (χ2v) is 7.56. The first-order valence-corrected chi connectivity index (χ1v) is 9.33. The predicted molar refractivity (Wildman–Crippen MR) is 101 cm³/mol. The van der Waals surface area contributed by atoms with E-state index < -0.39 is 0 Å². The van der Waals surface area contributed by atoms with Crippen molar-refractivity contribution in [2.24, 2.45) is 5.92 Å². The number of nitrogens with zero attached hydrogens (tertiary/aromatic N) is 2. The minimum Gasteiger partial charge on any atom is -0.354 e. The Hall–Kier alpha value is -0.690. The van der Waals surface area contributed by atoms with Gasteiger partial charge in [0.15, 0.2) is 0 Å². The summed E-state index contributed by atoms with van der Waals surface area (Å²) in [5.41, 5.74) is 1.24. The molecule has 0 bridgehead atoms. The third-order valence-corrected chi connectivity index (χ3v) is 5.15. The lowest BCUT2D eigenvalue weighted by Gasteiger charge is -2.33. The van der Waals surface area contributed by atoms with Gasteiger partial charge in [-0.3, -0.25) is 14.7 Å². The maximum Gasteiger partial charge on any atom is 0.237 e. The molecule has 3 heterocycles. The zero-order chi connectivity index (χ0) is 16.1. The fourth-order valence-electron chi connectivity index (χ4n) is 3.54. The van der Waals surface area contributed by atoms with Crippen LogP contribution in [-0.2, 0) is 11.3 Å². The van der Waals surface area contributed by atoms with Gasteiger partial charge >= 0.3 is 0 Å². The third kappa shape index (κ3) is 5.69. The SMILES string of the molecule is Cl.O=C(NCC1CCCN(Cc2cncc(Br)c2)C1)C1CCCN1. The molecule has 2 aliphatic heterocycles. The quantitative estimate of drug-likeness (QED) is 0.772. The lowest BCUT2D eigenvalue weighted by atomic mass is 9.97. The van der Waals surface area contributed by atoms with E-state index >= 15 is 0 Å². The van der Waals surface area contributed by atoms with Crippen molar-refractivity contribution in [3.8, 4) is 0 Å². The van der Waals surface area contributed by atoms with Crippen molar-refractivity contribution in [3.05, 3.63) is 28.5 Å². The Labute approximate surface area is 158 Å². The Morgan fingerprint density at radius 2 is 2.25 bits per heavy atom. The van der Waals surface area contributed by atoms with Gasteiger partial charge in [-0.1, -0.05) is 0 Å². The average Bonchev–Trinajstić information content (AvgIpc) is 3.07. The number of piperidine rings is 1. The molecule has 2 aliphatic rings. The van der Waals surface area contributed by atoms with E-state index in [1.54, 1.807) is 0 Å². The summed E-state index contributed by atoms with van der Waals surface area (Å²) in [6.07, 6.45) is 8.22. The van der Waals surface area contributed by atoms with Gasteiger partial charge in [0.2, 0.25) is 5.91 Å². The van der Waals surface area contributed by atoms with Crippen molar-refractivity contribution < 1.29 is 4.79 Å². The molecule has 0 spiro atoms. The van der Waals surface area contributed by atoms with E-state index in [-0.39, 0.29) is 24.4 Å². The van der Waals surface area contributed by atoms with Crippen LogP contribution in [0.1, 0.15) is 31.2 Å². The number of carbonyl (C=O) groups excluding carboxylic acids is 1. The largest absolute Gasteiger partial charge is 0.354 e. The number of likely N-dealkylation sites (tertiary alicyclic amines) is 1. The van der Waals surface area contributed by atoms with Gasteiger partial charge in [-0.2, -0.15) is 0 Å². The summed E-state index contributed by atoms with van der Waals surface area (Å²) in [5.74, 6) is 0.727. The number of amides is 1. The molecule has 2 unspecified atom stereocenters. The number of rotatable bonds is 5. The van der Waals surface area contributed by atoms with Crippen LogP contribution >= 0.6 is 28.3 Å². The number of pyridine rings is 1. The van der Waals surface area contributed by atoms with E-state index in [9.17, 15) is 4.79 Å². The van der Waals surface area contributed by atoms with E-state index in [1.165, 1.54) is 18.4 Å². The van der Waals surface area contributed by atoms with Crippen LogP contribution < -0.4 is 10.6 Å². The number of hydrogen-bond acceptors (Lipinski definition) is 4. The van der Waals surface area contributed by atoms with Crippen molar-refractivity contribution in [1.82, 2.24) is 20.5 Å². The smallest absolute Gasteiger partial charge is 0.237 e. The van der Waals surface area contributed by atoms with Gasteiger partial charge in [0, 0.05) is 36.5 Å². The van der Waals surface area contributed by atoms with Crippen molar-refractivity contribution in [3.63, 3.8) is 0 Å². The van der Waals surface area contributed by atoms with Crippen molar-refractivity contribution in [1.29, 1.82) is 0 Å². The Morgan fingerprint density at radius 1 is 1.38 bits per heavy atom. The molecule has 0 aromatic carbocycles. The first kappa shape index (κ1) is 19.6. The molecular weight excluding hydrogens is 392 g/mol. The van der Waals surface area contributed by atoms with Gasteiger partial charge < -0.3 is 10.6 Å². The molecule has 134 valence electrons. The molecule has 2 saturated heterocycles. The van der Waals surface area contributed by atoms with Crippen LogP contribution in [0, 0.1) is 5.92 Å². The molecule has 1 aromatic heterocycles. The van der Waals surface area contributed by atoms with Crippen LogP contribution in [0.15, 0.2) is 22.9 Å². The number of aromatic nitrogens is 1. The predicted octanol–water partition coefficient (Wildman–Crippen LogP) is 2.35. The number of nitrogens with one attached hydrogen (secondary N) is 2. The Kier molecular flexibility index (Phi) is 7.94. The lowest BCUT2D eigenvalue weighted by molar-refractivity contribution is -0.123. The van der Waals surface area contributed by atoms with Gasteiger partial charge in [0.25, 0.3) is 0 Å². The van der Waals surface area contributed by atoms with Crippen molar-refractivity contribution in [2.45, 2.75) is 38.3 Å². The van der Waals surface area contributed by atoms with Crippen LogP contribution in [-0.4, -0.2) is 48.0 Å². The van der Waals surface area contributed by atoms with Gasteiger partial charge in [-0.25, -0.2) is 0 Å². The van der Waals surface area contributed by atoms with E-state index in [1.807, 2.05) is 12.4 Å². The van der Waals surface area contributed by atoms with Crippen LogP contribution in [0.3, 0.4) is 0 Å². The van der Waals surface area contributed by atoms with Crippen LogP contribution in [0.5, 0.6) is 0 Å². The zero-order valence-corrected chi connectivity index (χ0v) is 16.2. The number of hydrogen-bond donors (Lipinski definition) is 2. The van der Waals surface area contributed by atoms with Gasteiger partial charge in [0.1, 0.15) is 0 Å². The summed E-state index contributed by atoms with van der Waals surface area (Å²) in [6.45, 7) is 4.87. The lowest BCUT2D eigenvalue weighted by Crippen LogP contribution is -2.45. The maximum atomic E-state index is 12.1. The first-order valence-electron chi connectivity index (χ1n) is 8.53. The molecule has 2 N–H and O–H groups in total.